The number of allylic oxidation sites excluding steroid dienone is 1. The molecule has 5 rings (SSSR count). The fourth-order valence-electron chi connectivity index (χ4n) is 5.41. The third kappa shape index (κ3) is 6.35. The molecule has 0 saturated carbocycles. The lowest BCUT2D eigenvalue weighted by atomic mass is 9.93. The Morgan fingerprint density at radius 2 is 1.95 bits per heavy atom. The van der Waals surface area contributed by atoms with Gasteiger partial charge in [0.1, 0.15) is 11.4 Å². The number of carbonyl (C=O) groups is 1. The van der Waals surface area contributed by atoms with Crippen LogP contribution in [0.25, 0.3) is 11.0 Å². The van der Waals surface area contributed by atoms with Crippen LogP contribution in [0.4, 0.5) is 0 Å². The van der Waals surface area contributed by atoms with Gasteiger partial charge in [0.25, 0.3) is 0 Å². The van der Waals surface area contributed by atoms with Crippen LogP contribution in [0.5, 0.6) is 5.88 Å². The third-order valence-electron chi connectivity index (χ3n) is 7.86. The maximum absolute atomic E-state index is 12.2. The smallest absolute Gasteiger partial charge is 0.337 e. The highest BCUT2D eigenvalue weighted by Crippen LogP contribution is 2.32. The van der Waals surface area contributed by atoms with Crippen LogP contribution < -0.4 is 4.74 Å². The van der Waals surface area contributed by atoms with Gasteiger partial charge < -0.3 is 18.8 Å². The predicted octanol–water partition coefficient (Wildman–Crippen LogP) is 6.08. The number of hydrogen-bond donors (Lipinski definition) is 0. The molecule has 1 aromatic carbocycles. The van der Waals surface area contributed by atoms with Crippen molar-refractivity contribution in [1.29, 1.82) is 0 Å². The molecule has 8 nitrogen and oxygen atoms in total. The first-order valence-corrected chi connectivity index (χ1v) is 14.6. The number of aromatic nitrogens is 3. The molecular weight excluding hydrogens is 528 g/mol. The van der Waals surface area contributed by atoms with Gasteiger partial charge in [-0.05, 0) is 76.9 Å². The van der Waals surface area contributed by atoms with Crippen molar-refractivity contribution in [2.45, 2.75) is 77.2 Å². The molecule has 0 radical (unpaired) electrons. The van der Waals surface area contributed by atoms with E-state index < -0.39 is 5.60 Å². The van der Waals surface area contributed by atoms with Crippen molar-refractivity contribution >= 4 is 28.6 Å². The van der Waals surface area contributed by atoms with Crippen LogP contribution in [0.2, 0.25) is 0 Å². The molecule has 3 aromatic rings. The van der Waals surface area contributed by atoms with Gasteiger partial charge in [-0.15, -0.1) is 0 Å². The van der Waals surface area contributed by atoms with Crippen LogP contribution in [0.1, 0.15) is 74.2 Å². The number of fused-ring (bicyclic) bond motifs is 1. The summed E-state index contributed by atoms with van der Waals surface area (Å²) in [6.07, 6.45) is 6.07. The van der Waals surface area contributed by atoms with Crippen molar-refractivity contribution in [2.75, 3.05) is 26.8 Å². The van der Waals surface area contributed by atoms with E-state index in [4.69, 9.17) is 35.8 Å². The molecule has 0 unspecified atom stereocenters. The molecular formula is C31H39ClN4O4. The Kier molecular flexibility index (Phi) is 8.78. The van der Waals surface area contributed by atoms with Crippen LogP contribution in [-0.2, 0) is 22.6 Å². The summed E-state index contributed by atoms with van der Waals surface area (Å²) in [5, 5.41) is 0.687. The summed E-state index contributed by atoms with van der Waals surface area (Å²) in [5.41, 5.74) is 2.80. The van der Waals surface area contributed by atoms with Gasteiger partial charge in [0.05, 0.1) is 47.9 Å². The summed E-state index contributed by atoms with van der Waals surface area (Å²) in [6.45, 7) is 10.2. The Bertz CT molecular complexity index is 1370. The molecule has 40 heavy (non-hydrogen) atoms. The van der Waals surface area contributed by atoms with Crippen molar-refractivity contribution in [3.05, 3.63) is 64.6 Å². The van der Waals surface area contributed by atoms with E-state index in [1.54, 1.807) is 6.07 Å². The average molecular weight is 567 g/mol. The van der Waals surface area contributed by atoms with Crippen molar-refractivity contribution in [3.8, 4) is 5.88 Å². The quantitative estimate of drug-likeness (QED) is 0.275. The van der Waals surface area contributed by atoms with Gasteiger partial charge in [-0.1, -0.05) is 30.7 Å². The first-order valence-electron chi connectivity index (χ1n) is 14.2. The summed E-state index contributed by atoms with van der Waals surface area (Å²) in [5.74, 6) is 1.63. The molecule has 0 bridgehead atoms. The summed E-state index contributed by atoms with van der Waals surface area (Å²) in [7, 11) is 1.40. The van der Waals surface area contributed by atoms with Crippen LogP contribution >= 0.6 is 11.6 Å². The zero-order valence-electron chi connectivity index (χ0n) is 23.9. The molecule has 214 valence electrons. The molecule has 2 saturated heterocycles. The first kappa shape index (κ1) is 28.6. The number of halogens is 1. The lowest BCUT2D eigenvalue weighted by Gasteiger charge is -2.32. The molecule has 0 amide bonds. The minimum atomic E-state index is -0.625. The van der Waals surface area contributed by atoms with Crippen LogP contribution in [0.15, 0.2) is 47.5 Å². The summed E-state index contributed by atoms with van der Waals surface area (Å²) in [6, 6.07) is 11.6. The van der Waals surface area contributed by atoms with E-state index in [0.29, 0.717) is 22.4 Å². The number of ether oxygens (including phenoxy) is 3. The third-order valence-corrected chi connectivity index (χ3v) is 8.47. The van der Waals surface area contributed by atoms with Gasteiger partial charge >= 0.3 is 5.97 Å². The van der Waals surface area contributed by atoms with E-state index in [1.807, 2.05) is 44.2 Å². The Hall–Kier alpha value is -2.94. The Balaban J connectivity index is 1.27. The van der Waals surface area contributed by atoms with Crippen molar-refractivity contribution < 1.29 is 19.0 Å². The monoisotopic (exact) mass is 566 g/mol. The number of carbonyl (C=O) groups excluding carboxylic acids is 1. The lowest BCUT2D eigenvalue weighted by molar-refractivity contribution is -0.0592. The van der Waals surface area contributed by atoms with E-state index >= 15 is 0 Å². The molecule has 2 aromatic heterocycles. The van der Waals surface area contributed by atoms with Gasteiger partial charge in [-0.2, -0.15) is 0 Å². The molecule has 0 N–H and O–H groups in total. The topological polar surface area (TPSA) is 78.7 Å². The Morgan fingerprint density at radius 3 is 2.62 bits per heavy atom. The first-order chi connectivity index (χ1) is 19.3. The van der Waals surface area contributed by atoms with Gasteiger partial charge in [0.15, 0.2) is 0 Å². The van der Waals surface area contributed by atoms with E-state index in [-0.39, 0.29) is 12.1 Å². The molecule has 1 atom stereocenters. The highest BCUT2D eigenvalue weighted by atomic mass is 35.5. The predicted molar refractivity (Wildman–Crippen MR) is 156 cm³/mol. The zero-order chi connectivity index (χ0) is 28.3. The second kappa shape index (κ2) is 12.3. The van der Waals surface area contributed by atoms with Gasteiger partial charge in [0, 0.05) is 24.3 Å². The van der Waals surface area contributed by atoms with Crippen molar-refractivity contribution in [3.63, 3.8) is 0 Å². The highest BCUT2D eigenvalue weighted by molar-refractivity contribution is 6.30. The minimum Gasteiger partial charge on any atom is -0.466 e. The number of nitrogens with zero attached hydrogens (tertiary/aromatic N) is 4. The van der Waals surface area contributed by atoms with Gasteiger partial charge in [0.2, 0.25) is 5.88 Å². The number of hydrogen-bond acceptors (Lipinski definition) is 7. The SMILES string of the molecule is CC/C=C(/Cl)C(C)(C)Oc1cccc(C2CCN(Cc3nc4ccc(C(=O)OC)cc4n3C[C@@H]3CCO3)CC2)n1. The summed E-state index contributed by atoms with van der Waals surface area (Å²) in [4.78, 5) is 24.4. The summed E-state index contributed by atoms with van der Waals surface area (Å²) < 4.78 is 19.1. The molecule has 9 heteroatoms. The maximum Gasteiger partial charge on any atom is 0.337 e. The number of esters is 1. The number of likely N-dealkylation sites (tertiary alicyclic amines) is 1. The van der Waals surface area contributed by atoms with Crippen LogP contribution in [0.3, 0.4) is 0 Å². The zero-order valence-corrected chi connectivity index (χ0v) is 24.6. The average Bonchev–Trinajstić information content (AvgIpc) is 3.26. The van der Waals surface area contributed by atoms with Crippen molar-refractivity contribution in [1.82, 2.24) is 19.4 Å². The second-order valence-electron chi connectivity index (χ2n) is 11.1. The van der Waals surface area contributed by atoms with Gasteiger partial charge in [-0.25, -0.2) is 14.8 Å². The van der Waals surface area contributed by atoms with Crippen molar-refractivity contribution in [2.24, 2.45) is 0 Å². The van der Waals surface area contributed by atoms with E-state index in [0.717, 1.165) is 81.0 Å². The minimum absolute atomic E-state index is 0.182. The van der Waals surface area contributed by atoms with Crippen LogP contribution in [0, 0.1) is 0 Å². The number of imidazole rings is 1. The number of methoxy groups -OCH3 is 1. The fourth-order valence-corrected chi connectivity index (χ4v) is 5.60. The van der Waals surface area contributed by atoms with E-state index in [9.17, 15) is 4.79 Å². The molecule has 2 aliphatic heterocycles. The van der Waals surface area contributed by atoms with E-state index in [1.165, 1.54) is 7.11 Å². The standard InChI is InChI=1S/C31H39ClN4O4/c1-5-7-27(32)31(2,3)40-29-9-6-8-24(34-29)21-12-15-35(16-13-21)20-28-33-25-11-10-22(30(37)38-4)18-26(25)36(28)19-23-14-17-39-23/h6-11,18,21,23H,5,12-17,19-20H2,1-4H3/b27-7+/t23-/m0/s1. The number of rotatable bonds is 10. The summed E-state index contributed by atoms with van der Waals surface area (Å²) >= 11 is 6.47. The molecule has 0 spiro atoms. The molecule has 2 fully saturated rings. The number of piperidine rings is 1. The number of pyridine rings is 1. The number of benzene rings is 1. The Labute approximate surface area is 241 Å². The van der Waals surface area contributed by atoms with E-state index in [2.05, 4.69) is 22.5 Å². The second-order valence-corrected chi connectivity index (χ2v) is 11.5. The largest absolute Gasteiger partial charge is 0.466 e. The van der Waals surface area contributed by atoms with Gasteiger partial charge in [-0.3, -0.25) is 4.90 Å². The molecule has 4 heterocycles. The molecule has 2 aliphatic rings. The highest BCUT2D eigenvalue weighted by Gasteiger charge is 2.28. The fraction of sp³-hybridized carbons (Fsp3) is 0.516. The molecule has 0 aliphatic carbocycles. The normalized spacial score (nSPS) is 19.0. The Morgan fingerprint density at radius 1 is 1.18 bits per heavy atom. The van der Waals surface area contributed by atoms with Crippen LogP contribution in [-0.4, -0.2) is 63.9 Å². The lowest BCUT2D eigenvalue weighted by Crippen LogP contribution is -2.35. The maximum atomic E-state index is 12.2.